The minimum Gasteiger partial charge on any atom is -0.484 e. The molecule has 0 fully saturated rings. The Balaban J connectivity index is 1.55. The van der Waals surface area contributed by atoms with E-state index in [1.165, 1.54) is 24.3 Å². The molecule has 3 rings (SSSR count). The lowest BCUT2D eigenvalue weighted by atomic mass is 10.2. The van der Waals surface area contributed by atoms with Crippen molar-refractivity contribution in [2.24, 2.45) is 0 Å². The second-order valence-corrected chi connectivity index (χ2v) is 5.52. The summed E-state index contributed by atoms with van der Waals surface area (Å²) in [5, 5.41) is 14.4. The highest BCUT2D eigenvalue weighted by molar-refractivity contribution is 5.79. The first-order chi connectivity index (χ1) is 12.0. The zero-order valence-electron chi connectivity index (χ0n) is 13.5. The van der Waals surface area contributed by atoms with Crippen LogP contribution in [0.15, 0.2) is 59.0 Å². The van der Waals surface area contributed by atoms with Crippen LogP contribution in [0.1, 0.15) is 18.7 Å². The molecule has 0 spiro atoms. The van der Waals surface area contributed by atoms with Crippen LogP contribution < -0.4 is 10.1 Å². The number of nitrogens with zero attached hydrogens (tertiary/aromatic N) is 1. The topological polar surface area (TPSA) is 94.6 Å². The van der Waals surface area contributed by atoms with Gasteiger partial charge < -0.3 is 14.5 Å². The molecule has 3 aromatic rings. The molecule has 7 heteroatoms. The highest BCUT2D eigenvalue weighted by Crippen LogP contribution is 2.23. The van der Waals surface area contributed by atoms with Crippen molar-refractivity contribution >= 4 is 22.6 Å². The molecule has 25 heavy (non-hydrogen) atoms. The van der Waals surface area contributed by atoms with E-state index in [0.717, 1.165) is 11.0 Å². The van der Waals surface area contributed by atoms with Crippen LogP contribution in [-0.2, 0) is 4.79 Å². The molecule has 0 saturated heterocycles. The highest BCUT2D eigenvalue weighted by Gasteiger charge is 2.14. The van der Waals surface area contributed by atoms with Crippen LogP contribution >= 0.6 is 0 Å². The van der Waals surface area contributed by atoms with Gasteiger partial charge >= 0.3 is 0 Å². The average molecular weight is 340 g/mol. The normalized spacial score (nSPS) is 11.9. The van der Waals surface area contributed by atoms with E-state index in [-0.39, 0.29) is 24.2 Å². The van der Waals surface area contributed by atoms with Gasteiger partial charge in [-0.1, -0.05) is 18.2 Å². The van der Waals surface area contributed by atoms with Crippen molar-refractivity contribution in [3.8, 4) is 5.75 Å². The average Bonchev–Trinajstić information content (AvgIpc) is 3.04. The Bertz CT molecular complexity index is 868. The number of amides is 1. The first kappa shape index (κ1) is 16.5. The van der Waals surface area contributed by atoms with Gasteiger partial charge in [0, 0.05) is 17.5 Å². The summed E-state index contributed by atoms with van der Waals surface area (Å²) in [5.41, 5.74) is 0.732. The summed E-state index contributed by atoms with van der Waals surface area (Å²) in [6.07, 6.45) is 0. The van der Waals surface area contributed by atoms with Gasteiger partial charge in [-0.25, -0.2) is 0 Å². The maximum Gasteiger partial charge on any atom is 0.269 e. The number of carbonyl (C=O) groups is 1. The van der Waals surface area contributed by atoms with Gasteiger partial charge in [-0.3, -0.25) is 14.9 Å². The fraction of sp³-hybridized carbons (Fsp3) is 0.167. The number of ether oxygens (including phenoxy) is 1. The third-order valence-electron chi connectivity index (χ3n) is 3.67. The Kier molecular flexibility index (Phi) is 4.65. The number of nitro benzene ring substituents is 1. The number of rotatable bonds is 6. The van der Waals surface area contributed by atoms with E-state index >= 15 is 0 Å². The Morgan fingerprint density at radius 1 is 1.24 bits per heavy atom. The summed E-state index contributed by atoms with van der Waals surface area (Å²) in [5.74, 6) is 0.730. The van der Waals surface area contributed by atoms with Crippen molar-refractivity contribution in [1.29, 1.82) is 0 Å². The largest absolute Gasteiger partial charge is 0.484 e. The maximum atomic E-state index is 12.0. The second-order valence-electron chi connectivity index (χ2n) is 5.52. The Morgan fingerprint density at radius 2 is 1.96 bits per heavy atom. The minimum absolute atomic E-state index is 0.0321. The molecule has 0 saturated carbocycles. The monoisotopic (exact) mass is 340 g/mol. The van der Waals surface area contributed by atoms with E-state index < -0.39 is 4.92 Å². The summed E-state index contributed by atoms with van der Waals surface area (Å²) in [6, 6.07) is 14.7. The van der Waals surface area contributed by atoms with Gasteiger partial charge in [-0.15, -0.1) is 0 Å². The molecule has 0 radical (unpaired) electrons. The van der Waals surface area contributed by atoms with Crippen LogP contribution in [0.3, 0.4) is 0 Å². The smallest absolute Gasteiger partial charge is 0.269 e. The number of furan rings is 1. The quantitative estimate of drug-likeness (QED) is 0.546. The first-order valence-corrected chi connectivity index (χ1v) is 7.68. The van der Waals surface area contributed by atoms with E-state index in [1.54, 1.807) is 0 Å². The van der Waals surface area contributed by atoms with Gasteiger partial charge in [0.1, 0.15) is 17.1 Å². The van der Waals surface area contributed by atoms with Crippen LogP contribution in [0.4, 0.5) is 5.69 Å². The van der Waals surface area contributed by atoms with Crippen LogP contribution in [0, 0.1) is 10.1 Å². The number of hydrogen-bond donors (Lipinski definition) is 1. The number of carbonyl (C=O) groups excluding carboxylic acids is 1. The van der Waals surface area contributed by atoms with E-state index in [2.05, 4.69) is 5.32 Å². The molecule has 1 aromatic heterocycles. The van der Waals surface area contributed by atoms with Crippen molar-refractivity contribution in [3.63, 3.8) is 0 Å². The number of nitrogens with one attached hydrogen (secondary N) is 1. The highest BCUT2D eigenvalue weighted by atomic mass is 16.6. The van der Waals surface area contributed by atoms with Crippen molar-refractivity contribution in [1.82, 2.24) is 5.32 Å². The fourth-order valence-corrected chi connectivity index (χ4v) is 2.38. The number of fused-ring (bicyclic) bond motifs is 1. The van der Waals surface area contributed by atoms with Crippen molar-refractivity contribution in [2.75, 3.05) is 6.61 Å². The molecule has 0 aliphatic rings. The summed E-state index contributed by atoms with van der Waals surface area (Å²) >= 11 is 0. The summed E-state index contributed by atoms with van der Waals surface area (Å²) < 4.78 is 11.0. The van der Waals surface area contributed by atoms with E-state index in [0.29, 0.717) is 11.5 Å². The SMILES string of the molecule is CC(NC(=O)COc1ccc([N+](=O)[O-])cc1)c1cc2ccccc2o1. The zero-order chi connectivity index (χ0) is 17.8. The molecular weight excluding hydrogens is 324 g/mol. The Hall–Kier alpha value is -3.35. The number of para-hydroxylation sites is 1. The van der Waals surface area contributed by atoms with Crippen molar-refractivity contribution in [2.45, 2.75) is 13.0 Å². The zero-order valence-corrected chi connectivity index (χ0v) is 13.5. The molecule has 0 aliphatic carbocycles. The molecule has 2 aromatic carbocycles. The lowest BCUT2D eigenvalue weighted by Gasteiger charge is -2.12. The molecule has 1 unspecified atom stereocenters. The van der Waals surface area contributed by atoms with Gasteiger partial charge in [-0.2, -0.15) is 0 Å². The predicted molar refractivity (Wildman–Crippen MR) is 91.4 cm³/mol. The number of nitro groups is 1. The number of benzene rings is 2. The van der Waals surface area contributed by atoms with Crippen LogP contribution in [0.2, 0.25) is 0 Å². The molecule has 1 atom stereocenters. The van der Waals surface area contributed by atoms with Crippen molar-refractivity contribution < 1.29 is 18.9 Å². The van der Waals surface area contributed by atoms with Gasteiger partial charge in [0.25, 0.3) is 11.6 Å². The molecular formula is C18H16N2O5. The van der Waals surface area contributed by atoms with Gasteiger partial charge in [0.05, 0.1) is 11.0 Å². The van der Waals surface area contributed by atoms with Gasteiger partial charge in [0.2, 0.25) is 0 Å². The standard InChI is InChI=1S/C18H16N2O5/c1-12(17-10-13-4-2-3-5-16(13)25-17)19-18(21)11-24-15-8-6-14(7-9-15)20(22)23/h2-10,12H,11H2,1H3,(H,19,21). The van der Waals surface area contributed by atoms with Gasteiger partial charge in [0.15, 0.2) is 6.61 Å². The maximum absolute atomic E-state index is 12.0. The predicted octanol–water partition coefficient (Wildman–Crippen LogP) is 3.60. The molecule has 7 nitrogen and oxygen atoms in total. The van der Waals surface area contributed by atoms with E-state index in [9.17, 15) is 14.9 Å². The molecule has 1 N–H and O–H groups in total. The molecule has 1 amide bonds. The summed E-state index contributed by atoms with van der Waals surface area (Å²) in [7, 11) is 0. The third-order valence-corrected chi connectivity index (χ3v) is 3.67. The van der Waals surface area contributed by atoms with Crippen LogP contribution in [-0.4, -0.2) is 17.4 Å². The summed E-state index contributed by atoms with van der Waals surface area (Å²) in [4.78, 5) is 22.1. The minimum atomic E-state index is -0.495. The molecule has 128 valence electrons. The number of hydrogen-bond acceptors (Lipinski definition) is 5. The second kappa shape index (κ2) is 7.04. The van der Waals surface area contributed by atoms with Gasteiger partial charge in [-0.05, 0) is 31.2 Å². The van der Waals surface area contributed by atoms with Crippen molar-refractivity contribution in [3.05, 3.63) is 70.5 Å². The molecule has 1 heterocycles. The van der Waals surface area contributed by atoms with Crippen LogP contribution in [0.25, 0.3) is 11.0 Å². The lowest BCUT2D eigenvalue weighted by Crippen LogP contribution is -2.31. The van der Waals surface area contributed by atoms with Crippen LogP contribution in [0.5, 0.6) is 5.75 Å². The number of non-ortho nitro benzene ring substituents is 1. The Labute approximate surface area is 143 Å². The Morgan fingerprint density at radius 3 is 2.64 bits per heavy atom. The van der Waals surface area contributed by atoms with E-state index in [1.807, 2.05) is 37.3 Å². The molecule has 0 aliphatic heterocycles. The third kappa shape index (κ3) is 3.95. The summed E-state index contributed by atoms with van der Waals surface area (Å²) in [6.45, 7) is 1.63. The lowest BCUT2D eigenvalue weighted by molar-refractivity contribution is -0.384. The first-order valence-electron chi connectivity index (χ1n) is 7.68. The molecule has 0 bridgehead atoms. The van der Waals surface area contributed by atoms with E-state index in [4.69, 9.17) is 9.15 Å². The fourth-order valence-electron chi connectivity index (χ4n) is 2.38.